The maximum absolute atomic E-state index is 12.4. The Bertz CT molecular complexity index is 1040. The minimum absolute atomic E-state index is 0.0381. The number of carbonyl (C=O) groups is 1. The van der Waals surface area contributed by atoms with Gasteiger partial charge in [-0.3, -0.25) is 9.59 Å². The number of aromatic nitrogens is 5. The Morgan fingerprint density at radius 3 is 2.80 bits per heavy atom. The zero-order valence-corrected chi connectivity index (χ0v) is 15.8. The van der Waals surface area contributed by atoms with E-state index < -0.39 is 0 Å². The van der Waals surface area contributed by atoms with Crippen molar-refractivity contribution in [1.29, 1.82) is 0 Å². The number of Topliss-reactive ketones (excluding diaryl/α,β-unsaturated/α-hetero) is 1. The molecule has 130 valence electrons. The van der Waals surface area contributed by atoms with E-state index in [0.717, 1.165) is 23.8 Å². The van der Waals surface area contributed by atoms with Crippen molar-refractivity contribution in [2.75, 3.05) is 0 Å². The van der Waals surface area contributed by atoms with Crippen molar-refractivity contribution in [3.8, 4) is 0 Å². The summed E-state index contributed by atoms with van der Waals surface area (Å²) in [7, 11) is 0. The molecule has 1 aliphatic rings. The average Bonchev–Trinajstić information content (AvgIpc) is 3.23. The molecule has 7 nitrogen and oxygen atoms in total. The number of rotatable bonds is 5. The van der Waals surface area contributed by atoms with E-state index in [1.807, 2.05) is 6.92 Å². The van der Waals surface area contributed by atoms with Crippen LogP contribution in [0.3, 0.4) is 0 Å². The van der Waals surface area contributed by atoms with E-state index in [1.165, 1.54) is 30.0 Å². The maximum atomic E-state index is 12.4. The lowest BCUT2D eigenvalue weighted by molar-refractivity contribution is 0.102. The fraction of sp³-hybridized carbons (Fsp3) is 0.438. The SMILES string of the molecule is CC(=O)c1sc2nc(CSc3nnc(C)n3C3CC3)[nH]c(=O)c2c1C. The summed E-state index contributed by atoms with van der Waals surface area (Å²) in [6.45, 7) is 5.26. The van der Waals surface area contributed by atoms with Crippen LogP contribution in [0.4, 0.5) is 0 Å². The first-order valence-electron chi connectivity index (χ1n) is 8.03. The van der Waals surface area contributed by atoms with Crippen LogP contribution in [0.15, 0.2) is 9.95 Å². The van der Waals surface area contributed by atoms with Crippen molar-refractivity contribution < 1.29 is 4.79 Å². The van der Waals surface area contributed by atoms with Gasteiger partial charge in [-0.15, -0.1) is 21.5 Å². The molecular weight excluding hydrogens is 358 g/mol. The maximum Gasteiger partial charge on any atom is 0.259 e. The first kappa shape index (κ1) is 16.5. The second-order valence-corrected chi connectivity index (χ2v) is 8.17. The molecule has 1 N–H and O–H groups in total. The van der Waals surface area contributed by atoms with Gasteiger partial charge in [-0.05, 0) is 39.2 Å². The van der Waals surface area contributed by atoms with Crippen molar-refractivity contribution in [3.05, 3.63) is 32.4 Å². The summed E-state index contributed by atoms with van der Waals surface area (Å²) < 4.78 is 2.16. The number of aromatic amines is 1. The molecule has 0 radical (unpaired) electrons. The molecule has 3 heterocycles. The van der Waals surface area contributed by atoms with E-state index in [1.54, 1.807) is 6.92 Å². The first-order valence-corrected chi connectivity index (χ1v) is 9.83. The highest BCUT2D eigenvalue weighted by Crippen LogP contribution is 2.39. The van der Waals surface area contributed by atoms with Gasteiger partial charge in [0.1, 0.15) is 16.5 Å². The number of hydrogen-bond donors (Lipinski definition) is 1. The molecule has 4 rings (SSSR count). The van der Waals surface area contributed by atoms with Crippen LogP contribution < -0.4 is 5.56 Å². The van der Waals surface area contributed by atoms with Gasteiger partial charge < -0.3 is 9.55 Å². The topological polar surface area (TPSA) is 93.5 Å². The van der Waals surface area contributed by atoms with Crippen molar-refractivity contribution in [1.82, 2.24) is 24.7 Å². The number of thioether (sulfide) groups is 1. The zero-order valence-electron chi connectivity index (χ0n) is 14.1. The van der Waals surface area contributed by atoms with Gasteiger partial charge in [-0.25, -0.2) is 4.98 Å². The normalized spacial score (nSPS) is 14.4. The summed E-state index contributed by atoms with van der Waals surface area (Å²) in [5, 5.41) is 9.76. The lowest BCUT2D eigenvalue weighted by Crippen LogP contribution is -2.11. The third kappa shape index (κ3) is 2.91. The lowest BCUT2D eigenvalue weighted by atomic mass is 10.2. The summed E-state index contributed by atoms with van der Waals surface area (Å²) in [4.78, 5) is 32.7. The first-order chi connectivity index (χ1) is 12.0. The van der Waals surface area contributed by atoms with Crippen molar-refractivity contribution in [2.24, 2.45) is 0 Å². The van der Waals surface area contributed by atoms with Gasteiger partial charge in [0.15, 0.2) is 10.9 Å². The van der Waals surface area contributed by atoms with E-state index >= 15 is 0 Å². The highest BCUT2D eigenvalue weighted by Gasteiger charge is 2.28. The quantitative estimate of drug-likeness (QED) is 0.544. The number of carbonyl (C=O) groups excluding carboxylic acids is 1. The molecule has 0 saturated heterocycles. The summed E-state index contributed by atoms with van der Waals surface area (Å²) in [5.41, 5.74) is 0.520. The Morgan fingerprint density at radius 1 is 1.36 bits per heavy atom. The third-order valence-corrected chi connectivity index (χ3v) is 6.50. The Kier molecular flexibility index (Phi) is 3.99. The van der Waals surface area contributed by atoms with E-state index in [0.29, 0.717) is 38.3 Å². The summed E-state index contributed by atoms with van der Waals surface area (Å²) in [6.07, 6.45) is 2.32. The largest absolute Gasteiger partial charge is 0.309 e. The molecular formula is C16H17N5O2S2. The summed E-state index contributed by atoms with van der Waals surface area (Å²) >= 11 is 2.80. The van der Waals surface area contributed by atoms with Crippen LogP contribution in [-0.4, -0.2) is 30.5 Å². The van der Waals surface area contributed by atoms with Gasteiger partial charge in [-0.2, -0.15) is 0 Å². The zero-order chi connectivity index (χ0) is 17.7. The molecule has 3 aromatic rings. The lowest BCUT2D eigenvalue weighted by Gasteiger charge is -2.06. The van der Waals surface area contributed by atoms with Crippen LogP contribution >= 0.6 is 23.1 Å². The predicted molar refractivity (Wildman–Crippen MR) is 97.6 cm³/mol. The van der Waals surface area contributed by atoms with Gasteiger partial charge in [0.2, 0.25) is 0 Å². The van der Waals surface area contributed by atoms with Crippen LogP contribution in [-0.2, 0) is 5.75 Å². The second kappa shape index (κ2) is 6.06. The van der Waals surface area contributed by atoms with Crippen molar-refractivity contribution in [3.63, 3.8) is 0 Å². The molecule has 3 aromatic heterocycles. The van der Waals surface area contributed by atoms with Crippen molar-refractivity contribution >= 4 is 39.1 Å². The molecule has 0 amide bonds. The number of aryl methyl sites for hydroxylation is 2. The Balaban J connectivity index is 1.64. The van der Waals surface area contributed by atoms with Gasteiger partial charge in [0.05, 0.1) is 16.0 Å². The molecule has 1 saturated carbocycles. The van der Waals surface area contributed by atoms with Crippen LogP contribution in [0.5, 0.6) is 0 Å². The third-order valence-electron chi connectivity index (χ3n) is 4.25. The van der Waals surface area contributed by atoms with Gasteiger partial charge in [-0.1, -0.05) is 11.8 Å². The molecule has 1 aliphatic carbocycles. The fourth-order valence-corrected chi connectivity index (χ4v) is 4.94. The number of hydrogen-bond acceptors (Lipinski definition) is 7. The molecule has 25 heavy (non-hydrogen) atoms. The summed E-state index contributed by atoms with van der Waals surface area (Å²) in [6, 6.07) is 0.505. The number of ketones is 1. The number of thiophene rings is 1. The smallest absolute Gasteiger partial charge is 0.259 e. The number of nitrogens with one attached hydrogen (secondary N) is 1. The average molecular weight is 375 g/mol. The molecule has 0 unspecified atom stereocenters. The standard InChI is InChI=1S/C16H17N5O2S2/c1-7-12-14(23)17-11(18-15(12)25-13(7)8(2)22)6-24-16-20-19-9(3)21(16)10-4-5-10/h10H,4-6H2,1-3H3,(H,17,18,23). The van der Waals surface area contributed by atoms with Crippen LogP contribution in [0, 0.1) is 13.8 Å². The number of fused-ring (bicyclic) bond motifs is 1. The highest BCUT2D eigenvalue weighted by atomic mass is 32.2. The molecule has 0 spiro atoms. The van der Waals surface area contributed by atoms with Gasteiger partial charge in [0, 0.05) is 6.04 Å². The predicted octanol–water partition coefficient (Wildman–Crippen LogP) is 3.02. The van der Waals surface area contributed by atoms with E-state index in [2.05, 4.69) is 24.7 Å². The van der Waals surface area contributed by atoms with E-state index in [9.17, 15) is 9.59 Å². The minimum Gasteiger partial charge on any atom is -0.309 e. The van der Waals surface area contributed by atoms with Gasteiger partial charge >= 0.3 is 0 Å². The Hall–Kier alpha value is -2.00. The van der Waals surface area contributed by atoms with Crippen LogP contribution in [0.1, 0.15) is 52.7 Å². The minimum atomic E-state index is -0.193. The summed E-state index contributed by atoms with van der Waals surface area (Å²) in [5.74, 6) is 1.97. The molecule has 1 fully saturated rings. The Labute approximate surface area is 151 Å². The fourth-order valence-electron chi connectivity index (χ4n) is 2.93. The Morgan fingerprint density at radius 2 is 2.12 bits per heavy atom. The highest BCUT2D eigenvalue weighted by molar-refractivity contribution is 7.98. The van der Waals surface area contributed by atoms with Crippen molar-refractivity contribution in [2.45, 2.75) is 50.6 Å². The van der Waals surface area contributed by atoms with Crippen LogP contribution in [0.2, 0.25) is 0 Å². The molecule has 0 atom stereocenters. The van der Waals surface area contributed by atoms with Crippen LogP contribution in [0.25, 0.3) is 10.2 Å². The number of nitrogens with zero attached hydrogens (tertiary/aromatic N) is 4. The second-order valence-electron chi connectivity index (χ2n) is 6.22. The van der Waals surface area contributed by atoms with E-state index in [4.69, 9.17) is 0 Å². The number of H-pyrrole nitrogens is 1. The monoisotopic (exact) mass is 375 g/mol. The molecule has 9 heteroatoms. The van der Waals surface area contributed by atoms with Gasteiger partial charge in [0.25, 0.3) is 5.56 Å². The molecule has 0 bridgehead atoms. The molecule has 0 aliphatic heterocycles. The van der Waals surface area contributed by atoms with E-state index in [-0.39, 0.29) is 11.3 Å². The molecule has 0 aromatic carbocycles.